The van der Waals surface area contributed by atoms with E-state index in [9.17, 15) is 0 Å². The average Bonchev–Trinajstić information content (AvgIpc) is 3.32. The van der Waals surface area contributed by atoms with E-state index in [1.54, 1.807) is 0 Å². The molecule has 38 heavy (non-hydrogen) atoms. The molecule has 0 aliphatic carbocycles. The van der Waals surface area contributed by atoms with Crippen molar-refractivity contribution < 1.29 is 0 Å². The molecule has 6 aromatic carbocycles. The number of aromatic nitrogens is 1. The first-order chi connectivity index (χ1) is 18.8. The summed E-state index contributed by atoms with van der Waals surface area (Å²) in [6, 6.07) is 46.0. The summed E-state index contributed by atoms with van der Waals surface area (Å²) < 4.78 is 2.18. The number of nitrogens with one attached hydrogen (secondary N) is 2. The third kappa shape index (κ3) is 3.64. The molecule has 1 aromatic heterocycles. The van der Waals surface area contributed by atoms with Crippen molar-refractivity contribution in [2.75, 3.05) is 5.43 Å². The van der Waals surface area contributed by atoms with Crippen LogP contribution in [0.2, 0.25) is 0 Å². The molecule has 3 nitrogen and oxygen atoms in total. The van der Waals surface area contributed by atoms with Crippen LogP contribution in [0.15, 0.2) is 140 Å². The number of benzene rings is 6. The molecule has 1 heterocycles. The summed E-state index contributed by atoms with van der Waals surface area (Å²) in [6.07, 6.45) is 1.92. The van der Waals surface area contributed by atoms with Gasteiger partial charge in [0.1, 0.15) is 0 Å². The second kappa shape index (κ2) is 9.06. The third-order valence-electron chi connectivity index (χ3n) is 7.24. The minimum Gasteiger partial charge on any atom is -0.300 e. The molecule has 0 spiro atoms. The van der Waals surface area contributed by atoms with Crippen LogP contribution in [0.3, 0.4) is 0 Å². The molecular formula is C35H25N3. The van der Waals surface area contributed by atoms with Gasteiger partial charge in [0.15, 0.2) is 0 Å². The second-order valence-electron chi connectivity index (χ2n) is 9.51. The number of hydrogen-bond donors (Lipinski definition) is 2. The highest BCUT2D eigenvalue weighted by molar-refractivity contribution is 6.28. The maximum atomic E-state index is 8.85. The number of fused-ring (bicyclic) bond motifs is 7. The van der Waals surface area contributed by atoms with Crippen LogP contribution in [0.4, 0.5) is 0 Å². The van der Waals surface area contributed by atoms with Crippen molar-refractivity contribution in [2.45, 2.75) is 0 Å². The normalized spacial score (nSPS) is 11.9. The summed E-state index contributed by atoms with van der Waals surface area (Å²) in [5.41, 5.74) is 9.14. The molecule has 0 aliphatic rings. The van der Waals surface area contributed by atoms with Crippen molar-refractivity contribution >= 4 is 54.8 Å². The fourth-order valence-electron chi connectivity index (χ4n) is 5.43. The molecule has 0 saturated heterocycles. The Morgan fingerprint density at radius 1 is 0.526 bits per heavy atom. The quantitative estimate of drug-likeness (QED) is 0.234. The topological polar surface area (TPSA) is 40.8 Å². The Bertz CT molecular complexity index is 1910. The van der Waals surface area contributed by atoms with E-state index in [1.807, 2.05) is 54.6 Å². The molecule has 180 valence electrons. The average molecular weight is 488 g/mol. The van der Waals surface area contributed by atoms with E-state index in [1.165, 1.54) is 32.3 Å². The zero-order chi connectivity index (χ0) is 25.5. The van der Waals surface area contributed by atoms with Crippen molar-refractivity contribution in [3.8, 4) is 0 Å². The Labute approximate surface area is 220 Å². The highest BCUT2D eigenvalue weighted by Gasteiger charge is 2.17. The van der Waals surface area contributed by atoms with Gasteiger partial charge in [-0.2, -0.15) is 0 Å². The van der Waals surface area contributed by atoms with Crippen LogP contribution in [0.25, 0.3) is 49.0 Å². The summed E-state index contributed by atoms with van der Waals surface area (Å²) in [4.78, 5) is 0. The maximum absolute atomic E-state index is 8.85. The Hall–Kier alpha value is -5.15. The lowest BCUT2D eigenvalue weighted by atomic mass is 10.00. The lowest BCUT2D eigenvalue weighted by Gasteiger charge is -2.16. The molecule has 7 aromatic rings. The summed E-state index contributed by atoms with van der Waals surface area (Å²) in [7, 11) is 0. The van der Waals surface area contributed by atoms with Crippen LogP contribution in [-0.4, -0.2) is 10.4 Å². The summed E-state index contributed by atoms with van der Waals surface area (Å²) in [6.45, 7) is 0. The molecule has 3 heteroatoms. The van der Waals surface area contributed by atoms with E-state index in [0.717, 1.165) is 27.9 Å². The lowest BCUT2D eigenvalue weighted by Crippen LogP contribution is -2.14. The Morgan fingerprint density at radius 2 is 1.00 bits per heavy atom. The second-order valence-corrected chi connectivity index (χ2v) is 9.51. The first kappa shape index (κ1) is 22.1. The molecule has 0 radical (unpaired) electrons. The van der Waals surface area contributed by atoms with Gasteiger partial charge in [-0.05, 0) is 50.9 Å². The van der Waals surface area contributed by atoms with Crippen LogP contribution in [0.1, 0.15) is 11.1 Å². The zero-order valence-electron chi connectivity index (χ0n) is 20.7. The maximum Gasteiger partial charge on any atom is 0.0716 e. The molecule has 7 rings (SSSR count). The standard InChI is InChI=1S/C35H25N3/c36-30(26-13-3-1-4-14-26)23-31(27-15-5-2-6-16-27)37-38-32-21-19-24-11-7-9-17-28(24)34(32)35-29-18-10-8-12-25(29)20-22-33(35)38/h1-23,36-37H/b31-23-,36-30?. The monoisotopic (exact) mass is 487 g/mol. The van der Waals surface area contributed by atoms with Crippen LogP contribution < -0.4 is 5.43 Å². The summed E-state index contributed by atoms with van der Waals surface area (Å²) >= 11 is 0. The van der Waals surface area contributed by atoms with Gasteiger partial charge in [-0.1, -0.05) is 121 Å². The summed E-state index contributed by atoms with van der Waals surface area (Å²) in [5.74, 6) is 0. The van der Waals surface area contributed by atoms with Crippen LogP contribution in [-0.2, 0) is 0 Å². The molecule has 0 amide bonds. The van der Waals surface area contributed by atoms with Gasteiger partial charge in [-0.15, -0.1) is 0 Å². The van der Waals surface area contributed by atoms with E-state index in [2.05, 4.69) is 95.0 Å². The van der Waals surface area contributed by atoms with Gasteiger partial charge < -0.3 is 5.41 Å². The van der Waals surface area contributed by atoms with Gasteiger partial charge in [-0.25, -0.2) is 0 Å². The van der Waals surface area contributed by atoms with Crippen molar-refractivity contribution in [3.63, 3.8) is 0 Å². The fraction of sp³-hybridized carbons (Fsp3) is 0. The molecule has 0 saturated carbocycles. The SMILES string of the molecule is N=C(/C=C(\Nn1c2ccc3ccccc3c2c2c3ccccc3ccc21)c1ccccc1)c1ccccc1. The minimum absolute atomic E-state index is 0.452. The van der Waals surface area contributed by atoms with E-state index in [4.69, 9.17) is 5.41 Å². The molecule has 0 aliphatic heterocycles. The van der Waals surface area contributed by atoms with Gasteiger partial charge >= 0.3 is 0 Å². The minimum atomic E-state index is 0.452. The fourth-order valence-corrected chi connectivity index (χ4v) is 5.43. The van der Waals surface area contributed by atoms with Gasteiger partial charge in [0.25, 0.3) is 0 Å². The first-order valence-corrected chi connectivity index (χ1v) is 12.8. The predicted molar refractivity (Wildman–Crippen MR) is 162 cm³/mol. The zero-order valence-corrected chi connectivity index (χ0v) is 20.7. The largest absolute Gasteiger partial charge is 0.300 e. The highest BCUT2D eigenvalue weighted by Crippen LogP contribution is 2.38. The third-order valence-corrected chi connectivity index (χ3v) is 7.24. The Kier molecular flexibility index (Phi) is 5.26. The summed E-state index contributed by atoms with van der Waals surface area (Å²) in [5, 5.41) is 16.2. The first-order valence-electron chi connectivity index (χ1n) is 12.8. The van der Waals surface area contributed by atoms with E-state index < -0.39 is 0 Å². The van der Waals surface area contributed by atoms with Crippen molar-refractivity contribution in [2.24, 2.45) is 0 Å². The number of rotatable bonds is 5. The van der Waals surface area contributed by atoms with Crippen LogP contribution in [0, 0.1) is 5.41 Å². The Balaban J connectivity index is 1.52. The molecule has 0 bridgehead atoms. The smallest absolute Gasteiger partial charge is 0.0716 e. The van der Waals surface area contributed by atoms with Crippen molar-refractivity contribution in [3.05, 3.63) is 151 Å². The number of allylic oxidation sites excluding steroid dienone is 1. The molecule has 2 N–H and O–H groups in total. The van der Waals surface area contributed by atoms with Crippen molar-refractivity contribution in [1.82, 2.24) is 4.68 Å². The van der Waals surface area contributed by atoms with E-state index in [-0.39, 0.29) is 0 Å². The number of hydrogen-bond acceptors (Lipinski definition) is 2. The van der Waals surface area contributed by atoms with Crippen LogP contribution >= 0.6 is 0 Å². The van der Waals surface area contributed by atoms with E-state index >= 15 is 0 Å². The molecule has 0 fully saturated rings. The van der Waals surface area contributed by atoms with E-state index in [0.29, 0.717) is 5.71 Å². The highest BCUT2D eigenvalue weighted by atomic mass is 15.4. The lowest BCUT2D eigenvalue weighted by molar-refractivity contribution is 1.06. The molecule has 0 unspecified atom stereocenters. The molecule has 0 atom stereocenters. The number of nitrogens with zero attached hydrogens (tertiary/aromatic N) is 1. The van der Waals surface area contributed by atoms with Crippen LogP contribution in [0.5, 0.6) is 0 Å². The Morgan fingerprint density at radius 3 is 1.55 bits per heavy atom. The van der Waals surface area contributed by atoms with Gasteiger partial charge in [0.05, 0.1) is 22.4 Å². The predicted octanol–water partition coefficient (Wildman–Crippen LogP) is 8.75. The van der Waals surface area contributed by atoms with Gasteiger partial charge in [0, 0.05) is 10.8 Å². The van der Waals surface area contributed by atoms with Gasteiger partial charge in [-0.3, -0.25) is 10.1 Å². The molecular weight excluding hydrogens is 462 g/mol. The van der Waals surface area contributed by atoms with Crippen molar-refractivity contribution in [1.29, 1.82) is 5.41 Å². The van der Waals surface area contributed by atoms with Gasteiger partial charge in [0.2, 0.25) is 0 Å².